The molecule has 1 aliphatic rings. The van der Waals surface area contributed by atoms with Crippen LogP contribution in [-0.4, -0.2) is 38.7 Å². The number of anilines is 1. The zero-order valence-corrected chi connectivity index (χ0v) is 16.9. The Kier molecular flexibility index (Phi) is 6.28. The second-order valence-corrected chi connectivity index (χ2v) is 9.15. The molecule has 0 atom stereocenters. The molecule has 0 aliphatic carbocycles. The number of nitrogens with zero attached hydrogens (tertiary/aromatic N) is 2. The topological polar surface area (TPSA) is 78.8 Å². The lowest BCUT2D eigenvalue weighted by Gasteiger charge is -2.11. The molecule has 3 rings (SSSR count). The van der Waals surface area contributed by atoms with Crippen LogP contribution >= 0.6 is 11.3 Å². The second-order valence-electron chi connectivity index (χ2n) is 6.51. The summed E-state index contributed by atoms with van der Waals surface area (Å²) in [5, 5.41) is 4.83. The van der Waals surface area contributed by atoms with Crippen LogP contribution in [0.2, 0.25) is 0 Å². The van der Waals surface area contributed by atoms with E-state index in [0.717, 1.165) is 25.8 Å². The summed E-state index contributed by atoms with van der Waals surface area (Å²) in [4.78, 5) is 15.3. The molecule has 6 nitrogen and oxygen atoms in total. The summed E-state index contributed by atoms with van der Waals surface area (Å²) < 4.78 is 28.8. The minimum Gasteiger partial charge on any atom is -0.362 e. The number of aryl methyl sites for hydroxylation is 1. The SMILES string of the molecule is CN1CCC/C1=N\S(=O)(=O)c1ccc(NC(=O)CCCc2cccs2)cc1. The second kappa shape index (κ2) is 8.67. The van der Waals surface area contributed by atoms with Crippen molar-refractivity contribution < 1.29 is 13.2 Å². The Morgan fingerprint density at radius 1 is 1.26 bits per heavy atom. The predicted molar refractivity (Wildman–Crippen MR) is 109 cm³/mol. The van der Waals surface area contributed by atoms with E-state index in [2.05, 4.69) is 15.8 Å². The van der Waals surface area contributed by atoms with E-state index in [9.17, 15) is 13.2 Å². The third-order valence-corrected chi connectivity index (χ3v) is 6.66. The summed E-state index contributed by atoms with van der Waals surface area (Å²) >= 11 is 1.69. The van der Waals surface area contributed by atoms with Crippen LogP contribution in [0, 0.1) is 0 Å². The maximum Gasteiger partial charge on any atom is 0.283 e. The van der Waals surface area contributed by atoms with E-state index in [1.54, 1.807) is 23.5 Å². The average molecular weight is 406 g/mol. The summed E-state index contributed by atoms with van der Waals surface area (Å²) in [7, 11) is -1.88. The van der Waals surface area contributed by atoms with Crippen molar-refractivity contribution in [1.82, 2.24) is 4.90 Å². The van der Waals surface area contributed by atoms with Gasteiger partial charge in [-0.15, -0.1) is 15.7 Å². The average Bonchev–Trinajstić information content (AvgIpc) is 3.28. The number of amides is 1. The summed E-state index contributed by atoms with van der Waals surface area (Å²) in [6, 6.07) is 10.2. The quantitative estimate of drug-likeness (QED) is 0.764. The van der Waals surface area contributed by atoms with Gasteiger partial charge in [0.25, 0.3) is 10.0 Å². The first-order valence-corrected chi connectivity index (χ1v) is 11.2. The number of carbonyl (C=O) groups is 1. The van der Waals surface area contributed by atoms with E-state index in [1.165, 1.54) is 17.0 Å². The van der Waals surface area contributed by atoms with Gasteiger partial charge in [0, 0.05) is 37.0 Å². The monoisotopic (exact) mass is 405 g/mol. The van der Waals surface area contributed by atoms with Crippen molar-refractivity contribution in [3.8, 4) is 0 Å². The molecule has 8 heteroatoms. The van der Waals surface area contributed by atoms with Crippen molar-refractivity contribution in [3.63, 3.8) is 0 Å². The Bertz CT molecular complexity index is 904. The van der Waals surface area contributed by atoms with Crippen molar-refractivity contribution in [3.05, 3.63) is 46.7 Å². The normalized spacial score (nSPS) is 16.0. The molecule has 1 aliphatic heterocycles. The largest absolute Gasteiger partial charge is 0.362 e. The number of hydrogen-bond donors (Lipinski definition) is 1. The van der Waals surface area contributed by atoms with Gasteiger partial charge in [-0.2, -0.15) is 8.42 Å². The molecule has 0 spiro atoms. The molecule has 1 aromatic carbocycles. The molecule has 1 aromatic heterocycles. The fourth-order valence-corrected chi connectivity index (χ4v) is 4.76. The molecule has 27 heavy (non-hydrogen) atoms. The molecule has 2 aromatic rings. The van der Waals surface area contributed by atoms with Crippen molar-refractivity contribution in [1.29, 1.82) is 0 Å². The lowest BCUT2D eigenvalue weighted by molar-refractivity contribution is -0.116. The van der Waals surface area contributed by atoms with Gasteiger partial charge in [0.2, 0.25) is 5.91 Å². The highest BCUT2D eigenvalue weighted by Crippen LogP contribution is 2.19. The lowest BCUT2D eigenvalue weighted by atomic mass is 10.2. The minimum absolute atomic E-state index is 0.0741. The Hall–Kier alpha value is -2.19. The molecule has 0 saturated carbocycles. The Morgan fingerprint density at radius 2 is 2.04 bits per heavy atom. The summed E-state index contributed by atoms with van der Waals surface area (Å²) in [5.74, 6) is 0.521. The van der Waals surface area contributed by atoms with Gasteiger partial charge in [-0.05, 0) is 55.0 Å². The molecule has 1 saturated heterocycles. The Morgan fingerprint density at radius 3 is 2.67 bits per heavy atom. The number of sulfonamides is 1. The molecule has 1 fully saturated rings. The highest BCUT2D eigenvalue weighted by Gasteiger charge is 2.20. The van der Waals surface area contributed by atoms with Crippen molar-refractivity contribution in [2.75, 3.05) is 18.9 Å². The Balaban J connectivity index is 1.55. The maximum atomic E-state index is 12.4. The standard InChI is InChI=1S/C19H23N3O3S2/c1-22-13-3-7-18(22)21-27(24,25)17-11-9-15(10-12-17)20-19(23)8-2-5-16-6-4-14-26-16/h4,6,9-12,14H,2-3,5,7-8,13H2,1H3,(H,20,23)/b21-18+. The van der Waals surface area contributed by atoms with Crippen molar-refractivity contribution >= 4 is 38.8 Å². The number of likely N-dealkylation sites (tertiary alicyclic amines) is 1. The van der Waals surface area contributed by atoms with Gasteiger partial charge < -0.3 is 10.2 Å². The van der Waals surface area contributed by atoms with Gasteiger partial charge in [0.15, 0.2) is 0 Å². The van der Waals surface area contributed by atoms with Crippen molar-refractivity contribution in [2.45, 2.75) is 37.0 Å². The molecular formula is C19H23N3O3S2. The lowest BCUT2D eigenvalue weighted by Crippen LogP contribution is -2.20. The van der Waals surface area contributed by atoms with E-state index >= 15 is 0 Å². The van der Waals surface area contributed by atoms with Crippen LogP contribution in [0.1, 0.15) is 30.6 Å². The van der Waals surface area contributed by atoms with Crippen LogP contribution in [0.25, 0.3) is 0 Å². The molecule has 144 valence electrons. The van der Waals surface area contributed by atoms with E-state index in [1.807, 2.05) is 23.4 Å². The molecule has 0 bridgehead atoms. The maximum absolute atomic E-state index is 12.4. The third kappa shape index (κ3) is 5.40. The Labute approximate surface area is 164 Å². The van der Waals surface area contributed by atoms with E-state index in [0.29, 0.717) is 24.4 Å². The fourth-order valence-electron chi connectivity index (χ4n) is 2.91. The highest BCUT2D eigenvalue weighted by atomic mass is 32.2. The van der Waals surface area contributed by atoms with E-state index in [4.69, 9.17) is 0 Å². The van der Waals surface area contributed by atoms with Gasteiger partial charge in [-0.25, -0.2) is 0 Å². The smallest absolute Gasteiger partial charge is 0.283 e. The molecule has 2 heterocycles. The number of nitrogens with one attached hydrogen (secondary N) is 1. The van der Waals surface area contributed by atoms with Crippen LogP contribution in [0.4, 0.5) is 5.69 Å². The first-order chi connectivity index (χ1) is 12.9. The number of carbonyl (C=O) groups excluding carboxylic acids is 1. The fraction of sp³-hybridized carbons (Fsp3) is 0.368. The summed E-state index contributed by atoms with van der Waals surface area (Å²) in [6.45, 7) is 0.825. The van der Waals surface area contributed by atoms with Crippen LogP contribution < -0.4 is 5.32 Å². The number of amidine groups is 1. The number of benzene rings is 1. The molecule has 1 N–H and O–H groups in total. The molecular weight excluding hydrogens is 382 g/mol. The predicted octanol–water partition coefficient (Wildman–Crippen LogP) is 3.52. The van der Waals surface area contributed by atoms with Crippen LogP contribution in [-0.2, 0) is 21.2 Å². The number of rotatable bonds is 7. The van der Waals surface area contributed by atoms with Gasteiger partial charge in [-0.1, -0.05) is 6.07 Å². The zero-order valence-electron chi connectivity index (χ0n) is 15.2. The van der Waals surface area contributed by atoms with E-state index < -0.39 is 10.0 Å². The molecule has 0 unspecified atom stereocenters. The summed E-state index contributed by atoms with van der Waals surface area (Å²) in [5.41, 5.74) is 0.584. The number of thiophene rings is 1. The first-order valence-electron chi connectivity index (χ1n) is 8.91. The molecule has 1 amide bonds. The zero-order chi connectivity index (χ0) is 19.3. The van der Waals surface area contributed by atoms with Crippen LogP contribution in [0.15, 0.2) is 51.1 Å². The number of hydrogen-bond acceptors (Lipinski definition) is 4. The van der Waals surface area contributed by atoms with Gasteiger partial charge >= 0.3 is 0 Å². The van der Waals surface area contributed by atoms with Gasteiger partial charge in [-0.3, -0.25) is 4.79 Å². The van der Waals surface area contributed by atoms with Crippen molar-refractivity contribution in [2.24, 2.45) is 4.40 Å². The van der Waals surface area contributed by atoms with Crippen LogP contribution in [0.5, 0.6) is 0 Å². The summed E-state index contributed by atoms with van der Waals surface area (Å²) in [6.07, 6.45) is 3.69. The molecule has 0 radical (unpaired) electrons. The third-order valence-electron chi connectivity index (χ3n) is 4.40. The van der Waals surface area contributed by atoms with Gasteiger partial charge in [0.1, 0.15) is 5.84 Å². The first kappa shape index (κ1) is 19.6. The van der Waals surface area contributed by atoms with Crippen LogP contribution in [0.3, 0.4) is 0 Å². The highest BCUT2D eigenvalue weighted by molar-refractivity contribution is 7.90. The van der Waals surface area contributed by atoms with Gasteiger partial charge in [0.05, 0.1) is 4.90 Å². The van der Waals surface area contributed by atoms with E-state index in [-0.39, 0.29) is 10.8 Å². The minimum atomic E-state index is -3.73.